The van der Waals surface area contributed by atoms with Gasteiger partial charge in [0, 0.05) is 28.3 Å². The number of fused-ring (bicyclic) bond motifs is 1. The first kappa shape index (κ1) is 22.7. The van der Waals surface area contributed by atoms with Crippen LogP contribution in [0.1, 0.15) is 45.8 Å². The molecule has 0 spiro atoms. The number of anilines is 1. The first-order valence-electron chi connectivity index (χ1n) is 10.6. The Morgan fingerprint density at radius 1 is 1.15 bits per heavy atom. The zero-order chi connectivity index (χ0) is 23.5. The van der Waals surface area contributed by atoms with Crippen LogP contribution in [0.5, 0.6) is 17.2 Å². The molecule has 8 heteroatoms. The number of thiophene rings is 1. The van der Waals surface area contributed by atoms with E-state index in [0.717, 1.165) is 16.9 Å². The third-order valence-corrected chi connectivity index (χ3v) is 6.83. The Morgan fingerprint density at radius 2 is 1.91 bits per heavy atom. The average molecular weight is 468 g/mol. The van der Waals surface area contributed by atoms with E-state index in [-0.39, 0.29) is 23.1 Å². The summed E-state index contributed by atoms with van der Waals surface area (Å²) < 4.78 is 16.8. The van der Waals surface area contributed by atoms with E-state index >= 15 is 0 Å². The maximum Gasteiger partial charge on any atom is 0.346 e. The summed E-state index contributed by atoms with van der Waals surface area (Å²) in [6, 6.07) is 12.7. The third-order valence-electron chi connectivity index (χ3n) is 5.53. The fourth-order valence-electron chi connectivity index (χ4n) is 4.05. The molecule has 0 fully saturated rings. The van der Waals surface area contributed by atoms with Crippen LogP contribution in [-0.2, 0) is 4.79 Å². The number of para-hydroxylation sites is 1. The zero-order valence-corrected chi connectivity index (χ0v) is 19.5. The van der Waals surface area contributed by atoms with E-state index in [2.05, 4.69) is 5.32 Å². The van der Waals surface area contributed by atoms with Crippen LogP contribution < -0.4 is 19.5 Å². The van der Waals surface area contributed by atoms with Crippen molar-refractivity contribution in [1.82, 2.24) is 0 Å². The van der Waals surface area contributed by atoms with E-state index < -0.39 is 5.97 Å². The van der Waals surface area contributed by atoms with Crippen molar-refractivity contribution in [3.63, 3.8) is 0 Å². The van der Waals surface area contributed by atoms with Crippen LogP contribution >= 0.6 is 11.3 Å². The van der Waals surface area contributed by atoms with Gasteiger partial charge in [0.1, 0.15) is 10.6 Å². The number of nitrogens with one attached hydrogen (secondary N) is 1. The van der Waals surface area contributed by atoms with E-state index in [1.165, 1.54) is 11.3 Å². The van der Waals surface area contributed by atoms with Crippen LogP contribution in [0.4, 0.5) is 5.69 Å². The molecule has 0 saturated heterocycles. The highest BCUT2D eigenvalue weighted by molar-refractivity contribution is 7.15. The molecule has 2 N–H and O–H groups in total. The van der Waals surface area contributed by atoms with Gasteiger partial charge in [0.25, 0.3) is 0 Å². The van der Waals surface area contributed by atoms with E-state index in [1.807, 2.05) is 25.1 Å². The molecule has 33 heavy (non-hydrogen) atoms. The van der Waals surface area contributed by atoms with Gasteiger partial charge in [-0.3, -0.25) is 4.79 Å². The molecule has 2 heterocycles. The van der Waals surface area contributed by atoms with Crippen molar-refractivity contribution in [2.24, 2.45) is 0 Å². The quantitative estimate of drug-likeness (QED) is 0.461. The van der Waals surface area contributed by atoms with Gasteiger partial charge < -0.3 is 24.6 Å². The number of aromatic carboxylic acids is 1. The summed E-state index contributed by atoms with van der Waals surface area (Å²) >= 11 is 1.18. The number of carbonyl (C=O) groups excluding carboxylic acids is 1. The predicted octanol–water partition coefficient (Wildman–Crippen LogP) is 5.39. The second-order valence-corrected chi connectivity index (χ2v) is 8.66. The Morgan fingerprint density at radius 3 is 2.55 bits per heavy atom. The van der Waals surface area contributed by atoms with Crippen LogP contribution in [0.15, 0.2) is 42.5 Å². The SMILES string of the molecule is CCCOc1c(OC)cccc1[C@@H]1CC(=O)Nc2c1sc(C(=O)O)c2-c1ccc(OC)cc1. The monoisotopic (exact) mass is 467 g/mol. The Kier molecular flexibility index (Phi) is 6.55. The van der Waals surface area contributed by atoms with E-state index in [9.17, 15) is 14.7 Å². The second kappa shape index (κ2) is 9.54. The number of hydrogen-bond acceptors (Lipinski definition) is 6. The Hall–Kier alpha value is -3.52. The highest BCUT2D eigenvalue weighted by atomic mass is 32.1. The van der Waals surface area contributed by atoms with E-state index in [4.69, 9.17) is 14.2 Å². The molecule has 172 valence electrons. The highest BCUT2D eigenvalue weighted by Gasteiger charge is 2.36. The van der Waals surface area contributed by atoms with Crippen LogP contribution in [0.3, 0.4) is 0 Å². The first-order chi connectivity index (χ1) is 16.0. The van der Waals surface area contributed by atoms with Gasteiger partial charge >= 0.3 is 5.97 Å². The molecule has 3 aromatic rings. The van der Waals surface area contributed by atoms with E-state index in [1.54, 1.807) is 38.5 Å². The number of hydrogen-bond donors (Lipinski definition) is 2. The van der Waals surface area contributed by atoms with Gasteiger partial charge in [-0.25, -0.2) is 4.79 Å². The molecular formula is C25H25NO6S. The van der Waals surface area contributed by atoms with Gasteiger partial charge in [0.2, 0.25) is 5.91 Å². The van der Waals surface area contributed by atoms with Crippen LogP contribution in [-0.4, -0.2) is 37.8 Å². The van der Waals surface area contributed by atoms with Gasteiger partial charge in [0.05, 0.1) is 26.5 Å². The van der Waals surface area contributed by atoms with Crippen molar-refractivity contribution < 1.29 is 28.9 Å². The minimum Gasteiger partial charge on any atom is -0.497 e. The summed E-state index contributed by atoms with van der Waals surface area (Å²) in [5, 5.41) is 12.9. The molecule has 0 bridgehead atoms. The minimum atomic E-state index is -1.04. The number of benzene rings is 2. The maximum absolute atomic E-state index is 12.8. The van der Waals surface area contributed by atoms with E-state index in [0.29, 0.717) is 40.7 Å². The first-order valence-corrected chi connectivity index (χ1v) is 11.4. The summed E-state index contributed by atoms with van der Waals surface area (Å²) in [5.41, 5.74) is 2.54. The summed E-state index contributed by atoms with van der Waals surface area (Å²) in [5.74, 6) is 0.256. The summed E-state index contributed by atoms with van der Waals surface area (Å²) in [6.45, 7) is 2.52. The molecular weight excluding hydrogens is 442 g/mol. The van der Waals surface area contributed by atoms with Crippen LogP contribution in [0.25, 0.3) is 11.1 Å². The zero-order valence-electron chi connectivity index (χ0n) is 18.6. The molecule has 1 aromatic heterocycles. The highest BCUT2D eigenvalue weighted by Crippen LogP contribution is 2.52. The number of carboxylic acid groups (broad SMARTS) is 1. The standard InChI is InChI=1S/C25H25NO6S/c1-4-12-32-22-16(6-5-7-18(22)31-3)17-13-19(27)26-21-20(24(25(28)29)33-23(17)21)14-8-10-15(30-2)11-9-14/h5-11,17H,4,12-13H2,1-3H3,(H,26,27)(H,28,29)/t17-/m0/s1. The molecule has 0 saturated carbocycles. The fraction of sp³-hybridized carbons (Fsp3) is 0.280. The molecule has 2 aromatic carbocycles. The van der Waals surface area contributed by atoms with Gasteiger partial charge in [-0.15, -0.1) is 11.3 Å². The van der Waals surface area contributed by atoms with Gasteiger partial charge in [-0.05, 0) is 30.2 Å². The molecule has 0 radical (unpaired) electrons. The summed E-state index contributed by atoms with van der Waals surface area (Å²) in [4.78, 5) is 26.0. The maximum atomic E-state index is 12.8. The van der Waals surface area contributed by atoms with Crippen LogP contribution in [0.2, 0.25) is 0 Å². The third kappa shape index (κ3) is 4.26. The van der Waals surface area contributed by atoms with Crippen molar-refractivity contribution >= 4 is 28.9 Å². The predicted molar refractivity (Wildman–Crippen MR) is 127 cm³/mol. The van der Waals surface area contributed by atoms with Crippen molar-refractivity contribution in [3.8, 4) is 28.4 Å². The molecule has 1 amide bonds. The fourth-order valence-corrected chi connectivity index (χ4v) is 5.29. The Bertz CT molecular complexity index is 1180. The lowest BCUT2D eigenvalue weighted by Crippen LogP contribution is -2.23. The molecule has 7 nitrogen and oxygen atoms in total. The Balaban J connectivity index is 1.90. The molecule has 1 aliphatic heterocycles. The number of rotatable bonds is 8. The lowest BCUT2D eigenvalue weighted by atomic mass is 9.88. The Labute approximate surface area is 195 Å². The summed E-state index contributed by atoms with van der Waals surface area (Å²) in [7, 11) is 3.15. The molecule has 0 aliphatic carbocycles. The van der Waals surface area contributed by atoms with Crippen LogP contribution in [0, 0.1) is 0 Å². The molecule has 4 rings (SSSR count). The molecule has 0 unspecified atom stereocenters. The van der Waals surface area contributed by atoms with Crippen molar-refractivity contribution in [2.45, 2.75) is 25.7 Å². The number of methoxy groups -OCH3 is 2. The lowest BCUT2D eigenvalue weighted by Gasteiger charge is -2.26. The lowest BCUT2D eigenvalue weighted by molar-refractivity contribution is -0.116. The van der Waals surface area contributed by atoms with Gasteiger partial charge in [-0.2, -0.15) is 0 Å². The number of ether oxygens (including phenoxy) is 3. The van der Waals surface area contributed by atoms with Crippen molar-refractivity contribution in [3.05, 3.63) is 57.8 Å². The van der Waals surface area contributed by atoms with Crippen molar-refractivity contribution in [2.75, 3.05) is 26.1 Å². The number of carbonyl (C=O) groups is 2. The van der Waals surface area contributed by atoms with Gasteiger partial charge in [-0.1, -0.05) is 31.2 Å². The molecule has 1 atom stereocenters. The minimum absolute atomic E-state index is 0.177. The molecule has 1 aliphatic rings. The summed E-state index contributed by atoms with van der Waals surface area (Å²) in [6.07, 6.45) is 1.00. The normalized spacial score (nSPS) is 14.9. The largest absolute Gasteiger partial charge is 0.497 e. The van der Waals surface area contributed by atoms with Crippen molar-refractivity contribution in [1.29, 1.82) is 0 Å². The topological polar surface area (TPSA) is 94.1 Å². The second-order valence-electron chi connectivity index (χ2n) is 7.61. The number of carboxylic acids is 1. The number of amides is 1. The van der Waals surface area contributed by atoms with Gasteiger partial charge in [0.15, 0.2) is 11.5 Å². The average Bonchev–Trinajstić information content (AvgIpc) is 3.21. The smallest absolute Gasteiger partial charge is 0.346 e.